The summed E-state index contributed by atoms with van der Waals surface area (Å²) in [5.41, 5.74) is 1.96. The lowest BCUT2D eigenvalue weighted by molar-refractivity contribution is 0.00218. The number of nitriles is 1. The summed E-state index contributed by atoms with van der Waals surface area (Å²) >= 11 is 0. The highest BCUT2D eigenvalue weighted by Crippen LogP contribution is 2.10. The highest BCUT2D eigenvalue weighted by Gasteiger charge is 2.21. The van der Waals surface area contributed by atoms with Gasteiger partial charge in [0.05, 0.1) is 31.0 Å². The predicted octanol–water partition coefficient (Wildman–Crippen LogP) is 0.369. The highest BCUT2D eigenvalue weighted by atomic mass is 16.5. The zero-order valence-corrected chi connectivity index (χ0v) is 14.8. The van der Waals surface area contributed by atoms with E-state index in [1.165, 1.54) is 5.56 Å². The van der Waals surface area contributed by atoms with Crippen molar-refractivity contribution in [2.45, 2.75) is 12.6 Å². The van der Waals surface area contributed by atoms with Crippen molar-refractivity contribution < 1.29 is 9.84 Å². The normalized spacial score (nSPS) is 21.8. The van der Waals surface area contributed by atoms with Crippen LogP contribution in [0.4, 0.5) is 0 Å². The average Bonchev–Trinajstić information content (AvgIpc) is 2.65. The minimum Gasteiger partial charge on any atom is -0.390 e. The Bertz CT molecular complexity index is 558. The van der Waals surface area contributed by atoms with Gasteiger partial charge < -0.3 is 9.84 Å². The molecule has 0 bridgehead atoms. The summed E-state index contributed by atoms with van der Waals surface area (Å²) in [6.45, 7) is 9.86. The molecule has 3 rings (SSSR count). The van der Waals surface area contributed by atoms with E-state index >= 15 is 0 Å². The SMILES string of the molecule is N#Cc1ccc(CN2CCN(C[C@@H](O)CN3CCOCC3)CC2)cc1. The second kappa shape index (κ2) is 9.27. The Morgan fingerprint density at radius 2 is 1.48 bits per heavy atom. The Labute approximate surface area is 150 Å². The van der Waals surface area contributed by atoms with Crippen LogP contribution in [0.1, 0.15) is 11.1 Å². The van der Waals surface area contributed by atoms with Crippen LogP contribution in [0.15, 0.2) is 24.3 Å². The number of rotatable bonds is 6. The first kappa shape index (κ1) is 18.3. The molecule has 1 aromatic carbocycles. The molecule has 0 spiro atoms. The molecular weight excluding hydrogens is 316 g/mol. The van der Waals surface area contributed by atoms with Gasteiger partial charge in [-0.2, -0.15) is 5.26 Å². The number of aliphatic hydroxyl groups excluding tert-OH is 1. The summed E-state index contributed by atoms with van der Waals surface area (Å²) in [5.74, 6) is 0. The lowest BCUT2D eigenvalue weighted by Crippen LogP contribution is -2.50. The van der Waals surface area contributed by atoms with Gasteiger partial charge in [0.2, 0.25) is 0 Å². The van der Waals surface area contributed by atoms with Crippen LogP contribution in [0, 0.1) is 11.3 Å². The first-order chi connectivity index (χ1) is 12.2. The van der Waals surface area contributed by atoms with Crippen molar-refractivity contribution in [3.63, 3.8) is 0 Å². The first-order valence-electron chi connectivity index (χ1n) is 9.15. The van der Waals surface area contributed by atoms with Crippen LogP contribution in [0.5, 0.6) is 0 Å². The molecule has 6 nitrogen and oxygen atoms in total. The maximum atomic E-state index is 10.3. The summed E-state index contributed by atoms with van der Waals surface area (Å²) in [4.78, 5) is 7.09. The van der Waals surface area contributed by atoms with Crippen molar-refractivity contribution in [3.8, 4) is 6.07 Å². The number of ether oxygens (including phenoxy) is 1. The van der Waals surface area contributed by atoms with Gasteiger partial charge in [0.25, 0.3) is 0 Å². The lowest BCUT2D eigenvalue weighted by Gasteiger charge is -2.36. The highest BCUT2D eigenvalue weighted by molar-refractivity contribution is 5.31. The molecule has 0 unspecified atom stereocenters. The van der Waals surface area contributed by atoms with Crippen LogP contribution < -0.4 is 0 Å². The third-order valence-corrected chi connectivity index (χ3v) is 5.00. The number of hydrogen-bond acceptors (Lipinski definition) is 6. The smallest absolute Gasteiger partial charge is 0.0991 e. The van der Waals surface area contributed by atoms with Gasteiger partial charge in [-0.3, -0.25) is 14.7 Å². The Kier molecular flexibility index (Phi) is 6.79. The first-order valence-corrected chi connectivity index (χ1v) is 9.15. The van der Waals surface area contributed by atoms with Gasteiger partial charge in [0.1, 0.15) is 0 Å². The lowest BCUT2D eigenvalue weighted by atomic mass is 10.1. The number of piperazine rings is 1. The molecule has 136 valence electrons. The Hall–Kier alpha value is -1.49. The summed E-state index contributed by atoms with van der Waals surface area (Å²) in [7, 11) is 0. The van der Waals surface area contributed by atoms with Crippen molar-refractivity contribution in [1.29, 1.82) is 5.26 Å². The standard InChI is InChI=1S/C19H28N4O2/c20-13-17-1-3-18(4-2-17)14-21-5-7-22(8-6-21)15-19(24)16-23-9-11-25-12-10-23/h1-4,19,24H,5-12,14-16H2/t19-/m1/s1. The van der Waals surface area contributed by atoms with E-state index in [4.69, 9.17) is 10.00 Å². The van der Waals surface area contributed by atoms with Crippen LogP contribution in [0.2, 0.25) is 0 Å². The van der Waals surface area contributed by atoms with E-state index in [1.54, 1.807) is 0 Å². The van der Waals surface area contributed by atoms with Crippen LogP contribution in [0.3, 0.4) is 0 Å². The molecule has 0 amide bonds. The second-order valence-electron chi connectivity index (χ2n) is 6.95. The molecule has 2 fully saturated rings. The van der Waals surface area contributed by atoms with E-state index in [2.05, 4.69) is 20.8 Å². The van der Waals surface area contributed by atoms with Crippen LogP contribution in [-0.2, 0) is 11.3 Å². The third-order valence-electron chi connectivity index (χ3n) is 5.00. The summed E-state index contributed by atoms with van der Waals surface area (Å²) < 4.78 is 5.35. The summed E-state index contributed by atoms with van der Waals surface area (Å²) in [5, 5.41) is 19.2. The van der Waals surface area contributed by atoms with Crippen LogP contribution >= 0.6 is 0 Å². The van der Waals surface area contributed by atoms with E-state index in [1.807, 2.05) is 24.3 Å². The average molecular weight is 344 g/mol. The van der Waals surface area contributed by atoms with Crippen molar-refractivity contribution in [2.75, 3.05) is 65.6 Å². The number of hydrogen-bond donors (Lipinski definition) is 1. The molecule has 2 saturated heterocycles. The van der Waals surface area contributed by atoms with E-state index in [9.17, 15) is 5.11 Å². The van der Waals surface area contributed by atoms with Gasteiger partial charge in [-0.1, -0.05) is 12.1 Å². The largest absolute Gasteiger partial charge is 0.390 e. The zero-order valence-electron chi connectivity index (χ0n) is 14.8. The predicted molar refractivity (Wildman–Crippen MR) is 96.1 cm³/mol. The van der Waals surface area contributed by atoms with Gasteiger partial charge in [0.15, 0.2) is 0 Å². The second-order valence-corrected chi connectivity index (χ2v) is 6.95. The van der Waals surface area contributed by atoms with Gasteiger partial charge >= 0.3 is 0 Å². The molecule has 2 aliphatic heterocycles. The molecule has 0 aliphatic carbocycles. The molecule has 0 aromatic heterocycles. The molecule has 0 radical (unpaired) electrons. The minimum absolute atomic E-state index is 0.289. The zero-order chi connectivity index (χ0) is 17.5. The van der Waals surface area contributed by atoms with Crippen LogP contribution in [0.25, 0.3) is 0 Å². The molecular formula is C19H28N4O2. The quantitative estimate of drug-likeness (QED) is 0.804. The molecule has 1 N–H and O–H groups in total. The molecule has 6 heteroatoms. The van der Waals surface area contributed by atoms with Crippen LogP contribution in [-0.4, -0.2) is 91.5 Å². The number of morpholine rings is 1. The van der Waals surface area contributed by atoms with Crippen molar-refractivity contribution in [1.82, 2.24) is 14.7 Å². The maximum absolute atomic E-state index is 10.3. The molecule has 1 atom stereocenters. The number of aliphatic hydroxyl groups is 1. The molecule has 0 saturated carbocycles. The fourth-order valence-electron chi connectivity index (χ4n) is 3.51. The van der Waals surface area contributed by atoms with Gasteiger partial charge in [-0.25, -0.2) is 0 Å². The molecule has 1 aromatic rings. The monoisotopic (exact) mass is 344 g/mol. The number of benzene rings is 1. The summed E-state index contributed by atoms with van der Waals surface area (Å²) in [6, 6.07) is 10.00. The molecule has 2 aliphatic rings. The molecule has 25 heavy (non-hydrogen) atoms. The fraction of sp³-hybridized carbons (Fsp3) is 0.632. The van der Waals surface area contributed by atoms with Gasteiger partial charge in [-0.05, 0) is 17.7 Å². The number of nitrogens with zero attached hydrogens (tertiary/aromatic N) is 4. The van der Waals surface area contributed by atoms with E-state index in [-0.39, 0.29) is 6.10 Å². The Morgan fingerprint density at radius 3 is 2.08 bits per heavy atom. The molecule has 2 heterocycles. The van der Waals surface area contributed by atoms with Gasteiger partial charge in [-0.15, -0.1) is 0 Å². The van der Waals surface area contributed by atoms with Crippen molar-refractivity contribution in [2.24, 2.45) is 0 Å². The topological polar surface area (TPSA) is 63.0 Å². The fourth-order valence-corrected chi connectivity index (χ4v) is 3.51. The Balaban J connectivity index is 1.37. The van der Waals surface area contributed by atoms with Crippen molar-refractivity contribution >= 4 is 0 Å². The van der Waals surface area contributed by atoms with E-state index in [0.717, 1.165) is 72.1 Å². The number of β-amino-alcohol motifs (C(OH)–C–C–N with tert-alkyl or cyclic N) is 1. The van der Waals surface area contributed by atoms with E-state index < -0.39 is 0 Å². The van der Waals surface area contributed by atoms with E-state index in [0.29, 0.717) is 5.56 Å². The van der Waals surface area contributed by atoms with Gasteiger partial charge in [0, 0.05) is 58.9 Å². The third kappa shape index (κ3) is 5.77. The minimum atomic E-state index is -0.289. The maximum Gasteiger partial charge on any atom is 0.0991 e. The van der Waals surface area contributed by atoms with Crippen molar-refractivity contribution in [3.05, 3.63) is 35.4 Å². The Morgan fingerprint density at radius 1 is 0.920 bits per heavy atom. The summed E-state index contributed by atoms with van der Waals surface area (Å²) in [6.07, 6.45) is -0.289.